The molecule has 3 nitrogen and oxygen atoms in total. The van der Waals surface area contributed by atoms with Crippen LogP contribution in [0.15, 0.2) is 35.9 Å². The molecule has 2 rings (SSSR count). The van der Waals surface area contributed by atoms with E-state index in [1.807, 2.05) is 24.3 Å². The Bertz CT molecular complexity index is 477. The van der Waals surface area contributed by atoms with Crippen LogP contribution in [0.3, 0.4) is 0 Å². The number of methoxy groups -OCH3 is 1. The van der Waals surface area contributed by atoms with Gasteiger partial charge in [0.05, 0.1) is 12.2 Å². The van der Waals surface area contributed by atoms with Crippen LogP contribution < -0.4 is 4.74 Å². The third-order valence-electron chi connectivity index (χ3n) is 3.51. The summed E-state index contributed by atoms with van der Waals surface area (Å²) < 4.78 is 10.6. The van der Waals surface area contributed by atoms with Crippen LogP contribution in [0.5, 0.6) is 5.75 Å². The van der Waals surface area contributed by atoms with E-state index in [4.69, 9.17) is 9.47 Å². The van der Waals surface area contributed by atoms with Crippen LogP contribution >= 0.6 is 0 Å². The topological polar surface area (TPSA) is 35.5 Å². The highest BCUT2D eigenvalue weighted by Gasteiger charge is 2.15. The summed E-state index contributed by atoms with van der Waals surface area (Å²) in [7, 11) is 1.63. The zero-order valence-corrected chi connectivity index (χ0v) is 12.1. The number of hydrogen-bond acceptors (Lipinski definition) is 3. The van der Waals surface area contributed by atoms with Gasteiger partial charge in [0.25, 0.3) is 0 Å². The predicted molar refractivity (Wildman–Crippen MR) is 79.3 cm³/mol. The molecule has 1 aromatic rings. The third kappa shape index (κ3) is 4.20. The Kier molecular flexibility index (Phi) is 5.81. The minimum Gasteiger partial charge on any atom is -0.490 e. The van der Waals surface area contributed by atoms with Gasteiger partial charge in [-0.1, -0.05) is 23.8 Å². The first-order chi connectivity index (χ1) is 9.81. The van der Waals surface area contributed by atoms with Crippen LogP contribution in [-0.4, -0.2) is 26.1 Å². The van der Waals surface area contributed by atoms with Gasteiger partial charge in [0, 0.05) is 13.5 Å². The quantitative estimate of drug-likeness (QED) is 0.431. The van der Waals surface area contributed by atoms with Crippen molar-refractivity contribution in [1.29, 1.82) is 0 Å². The molecule has 1 aromatic carbocycles. The number of Topliss-reactive ketones (excluding diaryl/α,β-unsaturated/α-hetero) is 1. The van der Waals surface area contributed by atoms with E-state index in [-0.39, 0.29) is 5.78 Å². The molecule has 1 aliphatic rings. The Morgan fingerprint density at radius 3 is 2.80 bits per heavy atom. The Hall–Kier alpha value is -1.61. The fraction of sp³-hybridized carbons (Fsp3) is 0.471. The molecule has 0 aromatic heterocycles. The summed E-state index contributed by atoms with van der Waals surface area (Å²) in [5.41, 5.74) is 1.95. The SMILES string of the molecule is COCCOc1ccccc1C(=O)CC1=CCCCC1. The van der Waals surface area contributed by atoms with Gasteiger partial charge in [-0.25, -0.2) is 0 Å². The maximum atomic E-state index is 12.4. The molecule has 0 atom stereocenters. The number of benzene rings is 1. The van der Waals surface area contributed by atoms with Crippen molar-refractivity contribution >= 4 is 5.78 Å². The molecule has 0 fully saturated rings. The minimum absolute atomic E-state index is 0.145. The lowest BCUT2D eigenvalue weighted by molar-refractivity contribution is 0.0983. The Labute approximate surface area is 120 Å². The predicted octanol–water partition coefficient (Wildman–Crippen LogP) is 3.79. The lowest BCUT2D eigenvalue weighted by Crippen LogP contribution is -2.09. The Morgan fingerprint density at radius 2 is 2.05 bits per heavy atom. The molecule has 0 N–H and O–H groups in total. The average Bonchev–Trinajstić information content (AvgIpc) is 2.49. The third-order valence-corrected chi connectivity index (χ3v) is 3.51. The second-order valence-corrected chi connectivity index (χ2v) is 5.05. The smallest absolute Gasteiger partial charge is 0.170 e. The van der Waals surface area contributed by atoms with E-state index in [1.165, 1.54) is 18.4 Å². The molecule has 108 valence electrons. The summed E-state index contributed by atoms with van der Waals surface area (Å²) in [6, 6.07) is 7.45. The number of rotatable bonds is 7. The normalized spacial score (nSPS) is 14.8. The molecule has 0 heterocycles. The molecular formula is C17H22O3. The first kappa shape index (κ1) is 14.8. The van der Waals surface area contributed by atoms with Gasteiger partial charge >= 0.3 is 0 Å². The van der Waals surface area contributed by atoms with E-state index < -0.39 is 0 Å². The summed E-state index contributed by atoms with van der Waals surface area (Å²) in [6.45, 7) is 0.983. The molecule has 0 unspecified atom stereocenters. The van der Waals surface area contributed by atoms with Gasteiger partial charge in [0.15, 0.2) is 5.78 Å². The molecule has 0 saturated heterocycles. The second-order valence-electron chi connectivity index (χ2n) is 5.05. The van der Waals surface area contributed by atoms with Crippen molar-refractivity contribution in [3.05, 3.63) is 41.5 Å². The summed E-state index contributed by atoms with van der Waals surface area (Å²) in [4.78, 5) is 12.4. The van der Waals surface area contributed by atoms with Gasteiger partial charge in [-0.15, -0.1) is 0 Å². The standard InChI is InChI=1S/C17H22O3/c1-19-11-12-20-17-10-6-5-9-15(17)16(18)13-14-7-3-2-4-8-14/h5-7,9-10H,2-4,8,11-13H2,1H3. The van der Waals surface area contributed by atoms with Crippen LogP contribution in [0, 0.1) is 0 Å². The van der Waals surface area contributed by atoms with Crippen molar-refractivity contribution in [2.24, 2.45) is 0 Å². The van der Waals surface area contributed by atoms with Crippen molar-refractivity contribution in [1.82, 2.24) is 0 Å². The van der Waals surface area contributed by atoms with Gasteiger partial charge in [-0.2, -0.15) is 0 Å². The number of para-hydroxylation sites is 1. The van der Waals surface area contributed by atoms with Crippen LogP contribution in [-0.2, 0) is 4.74 Å². The molecule has 20 heavy (non-hydrogen) atoms. The van der Waals surface area contributed by atoms with E-state index in [0.29, 0.717) is 30.9 Å². The number of carbonyl (C=O) groups is 1. The van der Waals surface area contributed by atoms with Gasteiger partial charge in [-0.05, 0) is 37.8 Å². The monoisotopic (exact) mass is 274 g/mol. The van der Waals surface area contributed by atoms with Crippen molar-refractivity contribution < 1.29 is 14.3 Å². The summed E-state index contributed by atoms with van der Waals surface area (Å²) in [6.07, 6.45) is 7.34. The van der Waals surface area contributed by atoms with Gasteiger partial charge in [0.2, 0.25) is 0 Å². The molecule has 3 heteroatoms. The molecular weight excluding hydrogens is 252 g/mol. The molecule has 0 bridgehead atoms. The maximum Gasteiger partial charge on any atom is 0.170 e. The highest BCUT2D eigenvalue weighted by molar-refractivity contribution is 6.00. The lowest BCUT2D eigenvalue weighted by atomic mass is 9.93. The summed E-state index contributed by atoms with van der Waals surface area (Å²) >= 11 is 0. The first-order valence-electron chi connectivity index (χ1n) is 7.23. The molecule has 0 saturated carbocycles. The van der Waals surface area contributed by atoms with E-state index in [9.17, 15) is 4.79 Å². The minimum atomic E-state index is 0.145. The van der Waals surface area contributed by atoms with Crippen LogP contribution in [0.4, 0.5) is 0 Å². The summed E-state index contributed by atoms with van der Waals surface area (Å²) in [5, 5.41) is 0. The Morgan fingerprint density at radius 1 is 1.20 bits per heavy atom. The van der Waals surface area contributed by atoms with E-state index in [2.05, 4.69) is 6.08 Å². The fourth-order valence-corrected chi connectivity index (χ4v) is 2.42. The van der Waals surface area contributed by atoms with Crippen molar-refractivity contribution in [3.63, 3.8) is 0 Å². The molecule has 0 amide bonds. The fourth-order valence-electron chi connectivity index (χ4n) is 2.42. The average molecular weight is 274 g/mol. The van der Waals surface area contributed by atoms with Crippen LogP contribution in [0.2, 0.25) is 0 Å². The van der Waals surface area contributed by atoms with E-state index in [0.717, 1.165) is 12.8 Å². The van der Waals surface area contributed by atoms with Gasteiger partial charge < -0.3 is 9.47 Å². The zero-order chi connectivity index (χ0) is 14.2. The number of hydrogen-bond donors (Lipinski definition) is 0. The van der Waals surface area contributed by atoms with Crippen LogP contribution in [0.25, 0.3) is 0 Å². The first-order valence-corrected chi connectivity index (χ1v) is 7.23. The summed E-state index contributed by atoms with van der Waals surface area (Å²) in [5.74, 6) is 0.803. The molecule has 1 aliphatic carbocycles. The van der Waals surface area contributed by atoms with Crippen molar-refractivity contribution in [3.8, 4) is 5.75 Å². The lowest BCUT2D eigenvalue weighted by Gasteiger charge is -2.14. The van der Waals surface area contributed by atoms with Crippen molar-refractivity contribution in [2.75, 3.05) is 20.3 Å². The number of allylic oxidation sites excluding steroid dienone is 2. The molecule has 0 spiro atoms. The van der Waals surface area contributed by atoms with Crippen molar-refractivity contribution in [2.45, 2.75) is 32.1 Å². The van der Waals surface area contributed by atoms with Gasteiger partial charge in [0.1, 0.15) is 12.4 Å². The Balaban J connectivity index is 2.02. The molecule has 0 radical (unpaired) electrons. The highest BCUT2D eigenvalue weighted by atomic mass is 16.5. The highest BCUT2D eigenvalue weighted by Crippen LogP contribution is 2.25. The van der Waals surface area contributed by atoms with E-state index in [1.54, 1.807) is 7.11 Å². The number of ether oxygens (including phenoxy) is 2. The van der Waals surface area contributed by atoms with E-state index >= 15 is 0 Å². The van der Waals surface area contributed by atoms with Gasteiger partial charge in [-0.3, -0.25) is 4.79 Å². The van der Waals surface area contributed by atoms with Crippen LogP contribution in [0.1, 0.15) is 42.5 Å². The zero-order valence-electron chi connectivity index (χ0n) is 12.1. The largest absolute Gasteiger partial charge is 0.490 e. The maximum absolute atomic E-state index is 12.4. The number of ketones is 1. The number of carbonyl (C=O) groups excluding carboxylic acids is 1. The molecule has 0 aliphatic heterocycles. The second kappa shape index (κ2) is 7.85.